The number of anilines is 1. The Bertz CT molecular complexity index is 938. The summed E-state index contributed by atoms with van der Waals surface area (Å²) in [6.07, 6.45) is 0. The Labute approximate surface area is 143 Å². The number of amides is 1. The van der Waals surface area contributed by atoms with Crippen LogP contribution in [0, 0.1) is 0 Å². The average molecular weight is 339 g/mol. The van der Waals surface area contributed by atoms with E-state index in [0.717, 1.165) is 5.69 Å². The first-order chi connectivity index (χ1) is 11.6. The lowest BCUT2D eigenvalue weighted by Crippen LogP contribution is -2.28. The van der Waals surface area contributed by atoms with Gasteiger partial charge in [-0.3, -0.25) is 14.2 Å². The zero-order valence-corrected chi connectivity index (χ0v) is 14.3. The molecule has 0 aliphatic rings. The van der Waals surface area contributed by atoms with Crippen molar-refractivity contribution in [3.8, 4) is 0 Å². The minimum Gasteiger partial charge on any atom is -0.315 e. The van der Waals surface area contributed by atoms with Gasteiger partial charge in [0.25, 0.3) is 5.56 Å². The van der Waals surface area contributed by atoms with Gasteiger partial charge in [-0.1, -0.05) is 42.1 Å². The molecule has 24 heavy (non-hydrogen) atoms. The smallest absolute Gasteiger partial charge is 0.261 e. The van der Waals surface area contributed by atoms with Crippen LogP contribution in [0.15, 0.2) is 64.5 Å². The quantitative estimate of drug-likeness (QED) is 0.542. The molecule has 3 aromatic rings. The van der Waals surface area contributed by atoms with Gasteiger partial charge in [0.15, 0.2) is 5.16 Å². The molecule has 0 saturated carbocycles. The zero-order valence-electron chi connectivity index (χ0n) is 13.5. The molecule has 0 radical (unpaired) electrons. The van der Waals surface area contributed by atoms with Gasteiger partial charge in [0.1, 0.15) is 0 Å². The van der Waals surface area contributed by atoms with Gasteiger partial charge in [-0.25, -0.2) is 4.98 Å². The highest BCUT2D eigenvalue weighted by Gasteiger charge is 2.14. The zero-order chi connectivity index (χ0) is 17.1. The third kappa shape index (κ3) is 3.19. The fourth-order valence-corrected chi connectivity index (χ4v) is 3.23. The van der Waals surface area contributed by atoms with E-state index in [1.807, 2.05) is 42.5 Å². The van der Waals surface area contributed by atoms with Crippen molar-refractivity contribution in [1.29, 1.82) is 0 Å². The van der Waals surface area contributed by atoms with Crippen LogP contribution in [-0.4, -0.2) is 28.3 Å². The molecule has 0 aliphatic carbocycles. The molecule has 0 aliphatic heterocycles. The third-order valence-electron chi connectivity index (χ3n) is 3.78. The Morgan fingerprint density at radius 1 is 1.12 bits per heavy atom. The number of aromatic nitrogens is 2. The molecule has 1 aromatic heterocycles. The summed E-state index contributed by atoms with van der Waals surface area (Å²) in [6.45, 7) is 0. The number of rotatable bonds is 4. The molecular weight excluding hydrogens is 322 g/mol. The second-order valence-corrected chi connectivity index (χ2v) is 6.30. The minimum absolute atomic E-state index is 0.0476. The molecule has 0 bridgehead atoms. The van der Waals surface area contributed by atoms with E-state index >= 15 is 0 Å². The van der Waals surface area contributed by atoms with Crippen molar-refractivity contribution < 1.29 is 4.79 Å². The van der Waals surface area contributed by atoms with Crippen molar-refractivity contribution in [3.05, 3.63) is 65.0 Å². The first-order valence-corrected chi connectivity index (χ1v) is 8.46. The summed E-state index contributed by atoms with van der Waals surface area (Å²) in [5.74, 6) is 0.165. The largest absolute Gasteiger partial charge is 0.315 e. The van der Waals surface area contributed by atoms with E-state index in [1.54, 1.807) is 31.1 Å². The maximum Gasteiger partial charge on any atom is 0.261 e. The monoisotopic (exact) mass is 339 g/mol. The number of hydrogen-bond donors (Lipinski definition) is 0. The summed E-state index contributed by atoms with van der Waals surface area (Å²) < 4.78 is 1.49. The fraction of sp³-hybridized carbons (Fsp3) is 0.167. The number of nitrogens with zero attached hydrogens (tertiary/aromatic N) is 3. The van der Waals surface area contributed by atoms with Crippen LogP contribution in [0.1, 0.15) is 0 Å². The van der Waals surface area contributed by atoms with Crippen molar-refractivity contribution in [2.24, 2.45) is 7.05 Å². The summed E-state index contributed by atoms with van der Waals surface area (Å²) in [7, 11) is 3.42. The topological polar surface area (TPSA) is 55.2 Å². The molecule has 2 aromatic carbocycles. The lowest BCUT2D eigenvalue weighted by atomic mass is 10.2. The molecule has 0 fully saturated rings. The lowest BCUT2D eigenvalue weighted by Gasteiger charge is -2.17. The normalized spacial score (nSPS) is 10.8. The van der Waals surface area contributed by atoms with Crippen LogP contribution in [0.4, 0.5) is 5.69 Å². The first-order valence-electron chi connectivity index (χ1n) is 7.48. The van der Waals surface area contributed by atoms with Crippen molar-refractivity contribution in [2.45, 2.75) is 5.16 Å². The minimum atomic E-state index is -0.105. The van der Waals surface area contributed by atoms with Gasteiger partial charge in [0.05, 0.1) is 16.7 Å². The number of carbonyl (C=O) groups excluding carboxylic acids is 1. The van der Waals surface area contributed by atoms with Gasteiger partial charge >= 0.3 is 0 Å². The van der Waals surface area contributed by atoms with Crippen molar-refractivity contribution in [1.82, 2.24) is 9.55 Å². The lowest BCUT2D eigenvalue weighted by molar-refractivity contribution is -0.115. The maximum absolute atomic E-state index is 12.4. The van der Waals surface area contributed by atoms with Gasteiger partial charge in [0.2, 0.25) is 5.91 Å². The SMILES string of the molecule is CN(C(=O)CSc1nc2ccccc2c(=O)n1C)c1ccccc1. The van der Waals surface area contributed by atoms with Gasteiger partial charge in [-0.05, 0) is 24.3 Å². The molecular formula is C18H17N3O2S. The van der Waals surface area contributed by atoms with E-state index in [0.29, 0.717) is 16.1 Å². The predicted octanol–water partition coefficient (Wildman–Crippen LogP) is 2.69. The first kappa shape index (κ1) is 16.3. The molecule has 122 valence electrons. The van der Waals surface area contributed by atoms with Crippen LogP contribution in [0.2, 0.25) is 0 Å². The number of carbonyl (C=O) groups is 1. The standard InChI is InChI=1S/C18H17N3O2S/c1-20(13-8-4-3-5-9-13)16(22)12-24-18-19-15-11-7-6-10-14(15)17(23)21(18)2/h3-11H,12H2,1-2H3. The molecule has 0 atom stereocenters. The Morgan fingerprint density at radius 3 is 2.54 bits per heavy atom. The van der Waals surface area contributed by atoms with Gasteiger partial charge < -0.3 is 4.90 Å². The Balaban J connectivity index is 1.80. The van der Waals surface area contributed by atoms with Gasteiger partial charge in [-0.15, -0.1) is 0 Å². The number of fused-ring (bicyclic) bond motifs is 1. The second-order valence-electron chi connectivity index (χ2n) is 5.35. The molecule has 0 saturated heterocycles. The fourth-order valence-electron chi connectivity index (χ4n) is 2.35. The molecule has 6 heteroatoms. The molecule has 3 rings (SSSR count). The second kappa shape index (κ2) is 6.88. The molecule has 1 heterocycles. The Hall–Kier alpha value is -2.60. The molecule has 5 nitrogen and oxygen atoms in total. The van der Waals surface area contributed by atoms with Crippen LogP contribution >= 0.6 is 11.8 Å². The van der Waals surface area contributed by atoms with E-state index in [-0.39, 0.29) is 17.2 Å². The van der Waals surface area contributed by atoms with E-state index in [9.17, 15) is 9.59 Å². The van der Waals surface area contributed by atoms with Gasteiger partial charge in [-0.2, -0.15) is 0 Å². The van der Waals surface area contributed by atoms with Crippen LogP contribution in [0.3, 0.4) is 0 Å². The van der Waals surface area contributed by atoms with E-state index in [2.05, 4.69) is 4.98 Å². The Morgan fingerprint density at radius 2 is 1.79 bits per heavy atom. The number of benzene rings is 2. The summed E-state index contributed by atoms with van der Waals surface area (Å²) in [5.41, 5.74) is 1.38. The van der Waals surface area contributed by atoms with Crippen molar-refractivity contribution in [2.75, 3.05) is 17.7 Å². The maximum atomic E-state index is 12.4. The Kier molecular flexibility index (Phi) is 4.66. The highest BCUT2D eigenvalue weighted by atomic mass is 32.2. The van der Waals surface area contributed by atoms with Gasteiger partial charge in [0, 0.05) is 19.8 Å². The number of hydrogen-bond acceptors (Lipinski definition) is 4. The van der Waals surface area contributed by atoms with Crippen molar-refractivity contribution >= 4 is 34.3 Å². The molecule has 0 spiro atoms. The molecule has 1 amide bonds. The van der Waals surface area contributed by atoms with E-state index in [1.165, 1.54) is 16.3 Å². The van der Waals surface area contributed by atoms with Crippen LogP contribution < -0.4 is 10.5 Å². The number of thioether (sulfide) groups is 1. The summed E-state index contributed by atoms with van der Waals surface area (Å²) in [6, 6.07) is 16.7. The molecule has 0 N–H and O–H groups in total. The highest BCUT2D eigenvalue weighted by Crippen LogP contribution is 2.19. The van der Waals surface area contributed by atoms with Crippen LogP contribution in [0.25, 0.3) is 10.9 Å². The van der Waals surface area contributed by atoms with E-state index in [4.69, 9.17) is 0 Å². The summed E-state index contributed by atoms with van der Waals surface area (Å²) >= 11 is 1.27. The molecule has 0 unspecified atom stereocenters. The highest BCUT2D eigenvalue weighted by molar-refractivity contribution is 7.99. The summed E-state index contributed by atoms with van der Waals surface area (Å²) in [4.78, 5) is 30.8. The van der Waals surface area contributed by atoms with Crippen LogP contribution in [0.5, 0.6) is 0 Å². The summed E-state index contributed by atoms with van der Waals surface area (Å²) in [5, 5.41) is 1.12. The third-order valence-corrected chi connectivity index (χ3v) is 4.80. The predicted molar refractivity (Wildman–Crippen MR) is 97.6 cm³/mol. The van der Waals surface area contributed by atoms with Crippen molar-refractivity contribution in [3.63, 3.8) is 0 Å². The van der Waals surface area contributed by atoms with Crippen LogP contribution in [-0.2, 0) is 11.8 Å². The average Bonchev–Trinajstić information content (AvgIpc) is 2.63. The number of para-hydroxylation sites is 2. The van der Waals surface area contributed by atoms with E-state index < -0.39 is 0 Å².